The first-order valence-electron chi connectivity index (χ1n) is 5.28. The molecule has 0 bridgehead atoms. The van der Waals surface area contributed by atoms with Crippen LogP contribution in [0.5, 0.6) is 0 Å². The summed E-state index contributed by atoms with van der Waals surface area (Å²) in [5, 5.41) is 13.0. The summed E-state index contributed by atoms with van der Waals surface area (Å²) in [7, 11) is 0. The maximum Gasteiger partial charge on any atom is 0.323 e. The Morgan fingerprint density at radius 2 is 2.44 bits per heavy atom. The minimum Gasteiger partial charge on any atom is -0.465 e. The molecule has 0 saturated carbocycles. The van der Waals surface area contributed by atoms with E-state index in [-0.39, 0.29) is 0 Å². The quantitative estimate of drug-likeness (QED) is 0.699. The van der Waals surface area contributed by atoms with Crippen molar-refractivity contribution in [3.8, 4) is 6.07 Å². The van der Waals surface area contributed by atoms with Crippen molar-refractivity contribution in [3.63, 3.8) is 0 Å². The molecule has 0 aliphatic carbocycles. The number of ether oxygens (including phenoxy) is 1. The van der Waals surface area contributed by atoms with Crippen molar-refractivity contribution >= 4 is 5.97 Å². The maximum atomic E-state index is 11.4. The Kier molecular flexibility index (Phi) is 4.52. The van der Waals surface area contributed by atoms with Crippen molar-refractivity contribution in [2.45, 2.75) is 26.8 Å². The molecule has 1 atom stereocenters. The first-order valence-corrected chi connectivity index (χ1v) is 5.28. The van der Waals surface area contributed by atoms with Gasteiger partial charge >= 0.3 is 5.97 Å². The lowest BCUT2D eigenvalue weighted by Gasteiger charge is -2.06. The number of rotatable bonds is 5. The summed E-state index contributed by atoms with van der Waals surface area (Å²) in [5.74, 6) is -1.20. The minimum absolute atomic E-state index is 0.297. The highest BCUT2D eigenvalue weighted by atomic mass is 16.5. The topological polar surface area (TPSA) is 67.9 Å². The number of carbonyl (C=O) groups is 1. The van der Waals surface area contributed by atoms with E-state index in [1.165, 1.54) is 0 Å². The fraction of sp³-hybridized carbons (Fsp3) is 0.545. The van der Waals surface area contributed by atoms with Crippen molar-refractivity contribution in [1.82, 2.24) is 9.78 Å². The molecule has 0 fully saturated rings. The first kappa shape index (κ1) is 12.2. The van der Waals surface area contributed by atoms with Crippen LogP contribution >= 0.6 is 0 Å². The van der Waals surface area contributed by atoms with Crippen molar-refractivity contribution in [2.24, 2.45) is 5.92 Å². The molecule has 1 aromatic heterocycles. The van der Waals surface area contributed by atoms with Gasteiger partial charge in [-0.25, -0.2) is 0 Å². The lowest BCUT2D eigenvalue weighted by atomic mass is 10.0. The van der Waals surface area contributed by atoms with Crippen LogP contribution in [-0.4, -0.2) is 22.4 Å². The van der Waals surface area contributed by atoms with Gasteiger partial charge in [0.1, 0.15) is 5.92 Å². The van der Waals surface area contributed by atoms with E-state index in [9.17, 15) is 4.79 Å². The minimum atomic E-state index is -0.741. The van der Waals surface area contributed by atoms with Crippen molar-refractivity contribution < 1.29 is 9.53 Å². The van der Waals surface area contributed by atoms with Crippen LogP contribution in [0.2, 0.25) is 0 Å². The summed E-state index contributed by atoms with van der Waals surface area (Å²) in [6.45, 7) is 4.77. The van der Waals surface area contributed by atoms with Gasteiger partial charge in [0, 0.05) is 19.2 Å². The highest BCUT2D eigenvalue weighted by Crippen LogP contribution is 2.09. The van der Waals surface area contributed by atoms with Gasteiger partial charge in [-0.3, -0.25) is 9.48 Å². The van der Waals surface area contributed by atoms with E-state index in [2.05, 4.69) is 5.10 Å². The van der Waals surface area contributed by atoms with Gasteiger partial charge in [-0.15, -0.1) is 0 Å². The molecule has 1 heterocycles. The number of nitriles is 1. The number of esters is 1. The van der Waals surface area contributed by atoms with Crippen LogP contribution in [0.3, 0.4) is 0 Å². The normalized spacial score (nSPS) is 11.8. The Balaban J connectivity index is 2.63. The average molecular weight is 221 g/mol. The second-order valence-corrected chi connectivity index (χ2v) is 3.34. The summed E-state index contributed by atoms with van der Waals surface area (Å²) < 4.78 is 6.57. The van der Waals surface area contributed by atoms with Gasteiger partial charge in [0.25, 0.3) is 0 Å². The van der Waals surface area contributed by atoms with Crippen LogP contribution in [0.4, 0.5) is 0 Å². The zero-order valence-electron chi connectivity index (χ0n) is 9.51. The highest BCUT2D eigenvalue weighted by molar-refractivity contribution is 5.75. The van der Waals surface area contributed by atoms with Gasteiger partial charge in [-0.05, 0) is 19.4 Å². The molecule has 1 unspecified atom stereocenters. The van der Waals surface area contributed by atoms with E-state index in [0.29, 0.717) is 13.0 Å². The molecule has 0 aliphatic heterocycles. The number of aryl methyl sites for hydroxylation is 1. The van der Waals surface area contributed by atoms with E-state index < -0.39 is 11.9 Å². The Hall–Kier alpha value is -1.83. The zero-order chi connectivity index (χ0) is 12.0. The SMILES string of the molecule is CCOC(=O)C(C#N)Cc1cnn(CC)c1. The van der Waals surface area contributed by atoms with Gasteiger partial charge in [0.05, 0.1) is 18.9 Å². The molecule has 1 aromatic rings. The van der Waals surface area contributed by atoms with Gasteiger partial charge in [-0.1, -0.05) is 0 Å². The smallest absolute Gasteiger partial charge is 0.323 e. The molecule has 0 aromatic carbocycles. The van der Waals surface area contributed by atoms with Crippen molar-refractivity contribution in [3.05, 3.63) is 18.0 Å². The van der Waals surface area contributed by atoms with Crippen molar-refractivity contribution in [2.75, 3.05) is 6.61 Å². The number of nitrogens with zero attached hydrogens (tertiary/aromatic N) is 3. The molecule has 0 N–H and O–H groups in total. The molecule has 0 spiro atoms. The van der Waals surface area contributed by atoms with Crippen LogP contribution < -0.4 is 0 Å². The van der Waals surface area contributed by atoms with Crippen LogP contribution in [0.1, 0.15) is 19.4 Å². The molecular formula is C11H15N3O2. The second kappa shape index (κ2) is 5.91. The summed E-state index contributed by atoms with van der Waals surface area (Å²) >= 11 is 0. The van der Waals surface area contributed by atoms with Crippen molar-refractivity contribution in [1.29, 1.82) is 5.26 Å². The standard InChI is InChI=1S/C11H15N3O2/c1-3-14-8-9(7-13-14)5-10(6-12)11(15)16-4-2/h7-8,10H,3-5H2,1-2H3. The summed E-state index contributed by atoms with van der Waals surface area (Å²) in [5.41, 5.74) is 0.876. The Morgan fingerprint density at radius 1 is 1.69 bits per heavy atom. The third kappa shape index (κ3) is 3.09. The fourth-order valence-corrected chi connectivity index (χ4v) is 1.34. The number of hydrogen-bond donors (Lipinski definition) is 0. The molecule has 1 rings (SSSR count). The lowest BCUT2D eigenvalue weighted by molar-refractivity contribution is -0.145. The van der Waals surface area contributed by atoms with Gasteiger partial charge < -0.3 is 4.74 Å². The van der Waals surface area contributed by atoms with Gasteiger partial charge in [0.2, 0.25) is 0 Å². The van der Waals surface area contributed by atoms with E-state index in [0.717, 1.165) is 12.1 Å². The average Bonchev–Trinajstić information content (AvgIpc) is 2.73. The van der Waals surface area contributed by atoms with Crippen LogP contribution in [0.15, 0.2) is 12.4 Å². The largest absolute Gasteiger partial charge is 0.465 e. The maximum absolute atomic E-state index is 11.4. The molecule has 16 heavy (non-hydrogen) atoms. The zero-order valence-corrected chi connectivity index (χ0v) is 9.51. The highest BCUT2D eigenvalue weighted by Gasteiger charge is 2.20. The fourth-order valence-electron chi connectivity index (χ4n) is 1.34. The van der Waals surface area contributed by atoms with E-state index in [1.54, 1.807) is 17.8 Å². The second-order valence-electron chi connectivity index (χ2n) is 3.34. The van der Waals surface area contributed by atoms with E-state index in [4.69, 9.17) is 10.00 Å². The third-order valence-electron chi connectivity index (χ3n) is 2.18. The van der Waals surface area contributed by atoms with Crippen LogP contribution in [0, 0.1) is 17.2 Å². The number of carbonyl (C=O) groups excluding carboxylic acids is 1. The summed E-state index contributed by atoms with van der Waals surface area (Å²) in [4.78, 5) is 11.4. The molecule has 0 aliphatic rings. The Labute approximate surface area is 94.6 Å². The molecule has 5 heteroatoms. The van der Waals surface area contributed by atoms with E-state index in [1.807, 2.05) is 19.2 Å². The number of hydrogen-bond acceptors (Lipinski definition) is 4. The number of aromatic nitrogens is 2. The Morgan fingerprint density at radius 3 is 2.94 bits per heavy atom. The third-order valence-corrected chi connectivity index (χ3v) is 2.18. The Bertz CT molecular complexity index is 392. The van der Waals surface area contributed by atoms with E-state index >= 15 is 0 Å². The van der Waals surface area contributed by atoms with Gasteiger partial charge in [-0.2, -0.15) is 10.4 Å². The molecule has 0 radical (unpaired) electrons. The first-order chi connectivity index (χ1) is 7.71. The predicted molar refractivity (Wildman–Crippen MR) is 57.3 cm³/mol. The molecule has 0 saturated heterocycles. The molecule has 0 amide bonds. The summed E-state index contributed by atoms with van der Waals surface area (Å²) in [6, 6.07) is 1.95. The monoisotopic (exact) mass is 221 g/mol. The molecule has 86 valence electrons. The summed E-state index contributed by atoms with van der Waals surface area (Å²) in [6.07, 6.45) is 3.87. The van der Waals surface area contributed by atoms with Gasteiger partial charge in [0.15, 0.2) is 0 Å². The molecule has 5 nitrogen and oxygen atoms in total. The van der Waals surface area contributed by atoms with Crippen LogP contribution in [-0.2, 0) is 22.5 Å². The van der Waals surface area contributed by atoms with Crippen LogP contribution in [0.25, 0.3) is 0 Å². The predicted octanol–water partition coefficient (Wildman–Crippen LogP) is 1.15. The molecular weight excluding hydrogens is 206 g/mol. The lowest BCUT2D eigenvalue weighted by Crippen LogP contribution is -2.18.